The number of benzene rings is 1. The lowest BCUT2D eigenvalue weighted by atomic mass is 10.0. The quantitative estimate of drug-likeness (QED) is 0.772. The normalized spacial score (nSPS) is 20.3. The molecule has 5 nitrogen and oxygen atoms in total. The van der Waals surface area contributed by atoms with E-state index in [1.807, 2.05) is 35.2 Å². The summed E-state index contributed by atoms with van der Waals surface area (Å²) in [5.74, 6) is 0.356. The minimum Gasteiger partial charge on any atom is -0.371 e. The second-order valence-electron chi connectivity index (χ2n) is 7.57. The van der Waals surface area contributed by atoms with Crippen LogP contribution in [0, 0.1) is 5.92 Å². The fourth-order valence-electron chi connectivity index (χ4n) is 3.37. The molecule has 27 heavy (non-hydrogen) atoms. The number of H-pyrrole nitrogens is 1. The standard InChI is InChI=1S/C21H28ClN3O2/c1-4-5-6-17-12-25(13-20(27-17)14(2)3)21(26)19-11-18(23-24-19)15-7-9-16(22)10-8-15/h7-11,14,17,20H,4-6,12-13H2,1-3H3,(H,23,24)/t17-,20-/m1/s1. The largest absolute Gasteiger partial charge is 0.371 e. The van der Waals surface area contributed by atoms with Gasteiger partial charge in [0, 0.05) is 23.7 Å². The molecule has 1 aromatic heterocycles. The third-order valence-electron chi connectivity index (χ3n) is 5.05. The van der Waals surface area contributed by atoms with Gasteiger partial charge in [0.1, 0.15) is 5.69 Å². The summed E-state index contributed by atoms with van der Waals surface area (Å²) in [5, 5.41) is 7.89. The predicted molar refractivity (Wildman–Crippen MR) is 108 cm³/mol. The van der Waals surface area contributed by atoms with Gasteiger partial charge in [-0.2, -0.15) is 5.10 Å². The lowest BCUT2D eigenvalue weighted by molar-refractivity contribution is -0.0963. The van der Waals surface area contributed by atoms with E-state index in [1.165, 1.54) is 0 Å². The van der Waals surface area contributed by atoms with Crippen LogP contribution < -0.4 is 0 Å². The second-order valence-corrected chi connectivity index (χ2v) is 8.00. The van der Waals surface area contributed by atoms with E-state index in [0.29, 0.717) is 29.7 Å². The van der Waals surface area contributed by atoms with Crippen molar-refractivity contribution in [1.82, 2.24) is 15.1 Å². The molecule has 1 N–H and O–H groups in total. The molecule has 3 rings (SSSR count). The van der Waals surface area contributed by atoms with Crippen LogP contribution in [0.15, 0.2) is 30.3 Å². The molecular formula is C21H28ClN3O2. The highest BCUT2D eigenvalue weighted by Crippen LogP contribution is 2.24. The zero-order chi connectivity index (χ0) is 19.4. The van der Waals surface area contributed by atoms with Crippen LogP contribution >= 0.6 is 11.6 Å². The maximum absolute atomic E-state index is 13.1. The van der Waals surface area contributed by atoms with Crippen LogP contribution in [0.3, 0.4) is 0 Å². The molecule has 1 aromatic carbocycles. The average molecular weight is 390 g/mol. The Kier molecular flexibility index (Phi) is 6.55. The molecule has 2 aromatic rings. The number of aromatic nitrogens is 2. The third kappa shape index (κ3) is 4.90. The number of halogens is 1. The number of nitrogens with one attached hydrogen (secondary N) is 1. The monoisotopic (exact) mass is 389 g/mol. The summed E-state index contributed by atoms with van der Waals surface area (Å²) < 4.78 is 6.22. The molecular weight excluding hydrogens is 362 g/mol. The van der Waals surface area contributed by atoms with Crippen molar-refractivity contribution in [3.63, 3.8) is 0 Å². The summed E-state index contributed by atoms with van der Waals surface area (Å²) in [6.07, 6.45) is 3.41. The topological polar surface area (TPSA) is 58.2 Å². The van der Waals surface area contributed by atoms with Crippen molar-refractivity contribution in [2.75, 3.05) is 13.1 Å². The van der Waals surface area contributed by atoms with Crippen LogP contribution in [0.25, 0.3) is 11.3 Å². The third-order valence-corrected chi connectivity index (χ3v) is 5.30. The van der Waals surface area contributed by atoms with E-state index in [1.54, 1.807) is 0 Å². The molecule has 0 radical (unpaired) electrons. The number of nitrogens with zero attached hydrogens (tertiary/aromatic N) is 2. The highest BCUT2D eigenvalue weighted by molar-refractivity contribution is 6.30. The Balaban J connectivity index is 1.74. The number of carbonyl (C=O) groups excluding carboxylic acids is 1. The summed E-state index contributed by atoms with van der Waals surface area (Å²) in [6, 6.07) is 9.25. The van der Waals surface area contributed by atoms with Gasteiger partial charge in [0.2, 0.25) is 0 Å². The van der Waals surface area contributed by atoms with Crippen molar-refractivity contribution in [2.24, 2.45) is 5.92 Å². The molecule has 0 aliphatic carbocycles. The minimum absolute atomic E-state index is 0.0156. The first kappa shape index (κ1) is 19.9. The number of amides is 1. The summed E-state index contributed by atoms with van der Waals surface area (Å²) in [7, 11) is 0. The number of carbonyl (C=O) groups is 1. The molecule has 6 heteroatoms. The number of hydrogen-bond donors (Lipinski definition) is 1. The van der Waals surface area contributed by atoms with Gasteiger partial charge in [-0.25, -0.2) is 0 Å². The number of unbranched alkanes of at least 4 members (excludes halogenated alkanes) is 1. The van der Waals surface area contributed by atoms with Gasteiger partial charge < -0.3 is 9.64 Å². The SMILES string of the molecule is CCCC[C@@H]1CN(C(=O)c2cc(-c3ccc(Cl)cc3)n[nH]2)C[C@H](C(C)C)O1. The van der Waals surface area contributed by atoms with E-state index < -0.39 is 0 Å². The van der Waals surface area contributed by atoms with E-state index in [0.717, 1.165) is 30.5 Å². The Bertz CT molecular complexity index is 757. The molecule has 2 heterocycles. The number of rotatable bonds is 6. The van der Waals surface area contributed by atoms with Gasteiger partial charge in [-0.1, -0.05) is 57.3 Å². The van der Waals surface area contributed by atoms with Crippen molar-refractivity contribution >= 4 is 17.5 Å². The van der Waals surface area contributed by atoms with Crippen LogP contribution in [0.4, 0.5) is 0 Å². The van der Waals surface area contributed by atoms with Crippen molar-refractivity contribution < 1.29 is 9.53 Å². The maximum atomic E-state index is 13.1. The number of ether oxygens (including phenoxy) is 1. The van der Waals surface area contributed by atoms with Gasteiger partial charge in [0.25, 0.3) is 5.91 Å². The van der Waals surface area contributed by atoms with Crippen molar-refractivity contribution in [1.29, 1.82) is 0 Å². The minimum atomic E-state index is -0.0156. The Morgan fingerprint density at radius 2 is 2.07 bits per heavy atom. The van der Waals surface area contributed by atoms with Gasteiger partial charge in [0.05, 0.1) is 17.9 Å². The van der Waals surface area contributed by atoms with Gasteiger partial charge in [-0.15, -0.1) is 0 Å². The average Bonchev–Trinajstić information content (AvgIpc) is 3.16. The summed E-state index contributed by atoms with van der Waals surface area (Å²) >= 11 is 5.94. The molecule has 1 aliphatic rings. The Morgan fingerprint density at radius 3 is 2.74 bits per heavy atom. The zero-order valence-corrected chi connectivity index (χ0v) is 17.0. The molecule has 0 spiro atoms. The van der Waals surface area contributed by atoms with Crippen molar-refractivity contribution in [3.8, 4) is 11.3 Å². The van der Waals surface area contributed by atoms with Crippen LogP contribution in [-0.2, 0) is 4.74 Å². The molecule has 2 atom stereocenters. The van der Waals surface area contributed by atoms with Crippen LogP contribution in [0.2, 0.25) is 5.02 Å². The van der Waals surface area contributed by atoms with E-state index in [9.17, 15) is 4.79 Å². The Morgan fingerprint density at radius 1 is 1.33 bits per heavy atom. The Labute approximate surface area is 166 Å². The van der Waals surface area contributed by atoms with Crippen LogP contribution in [-0.4, -0.2) is 46.3 Å². The smallest absolute Gasteiger partial charge is 0.272 e. The maximum Gasteiger partial charge on any atom is 0.272 e. The zero-order valence-electron chi connectivity index (χ0n) is 16.2. The molecule has 146 valence electrons. The lowest BCUT2D eigenvalue weighted by Gasteiger charge is -2.39. The molecule has 0 saturated carbocycles. The highest BCUT2D eigenvalue weighted by Gasteiger charge is 2.32. The van der Waals surface area contributed by atoms with E-state index >= 15 is 0 Å². The van der Waals surface area contributed by atoms with Gasteiger partial charge >= 0.3 is 0 Å². The number of aromatic amines is 1. The predicted octanol–water partition coefficient (Wildman–Crippen LogP) is 4.79. The van der Waals surface area contributed by atoms with E-state index in [2.05, 4.69) is 31.0 Å². The first-order chi connectivity index (χ1) is 13.0. The fraction of sp³-hybridized carbons (Fsp3) is 0.524. The second kappa shape index (κ2) is 8.89. The fourth-order valence-corrected chi connectivity index (χ4v) is 3.49. The summed E-state index contributed by atoms with van der Waals surface area (Å²) in [6.45, 7) is 7.72. The van der Waals surface area contributed by atoms with E-state index in [4.69, 9.17) is 16.3 Å². The molecule has 1 saturated heterocycles. The van der Waals surface area contributed by atoms with Crippen molar-refractivity contribution in [3.05, 3.63) is 41.0 Å². The van der Waals surface area contributed by atoms with Crippen LogP contribution in [0.5, 0.6) is 0 Å². The van der Waals surface area contributed by atoms with Crippen molar-refractivity contribution in [2.45, 2.75) is 52.2 Å². The van der Waals surface area contributed by atoms with Gasteiger partial charge in [0.15, 0.2) is 0 Å². The molecule has 1 aliphatic heterocycles. The summed E-state index contributed by atoms with van der Waals surface area (Å²) in [4.78, 5) is 15.0. The molecule has 0 unspecified atom stereocenters. The Hall–Kier alpha value is -1.85. The molecule has 1 fully saturated rings. The molecule has 0 bridgehead atoms. The lowest BCUT2D eigenvalue weighted by Crippen LogP contribution is -2.51. The van der Waals surface area contributed by atoms with Crippen LogP contribution in [0.1, 0.15) is 50.5 Å². The first-order valence-corrected chi connectivity index (χ1v) is 10.1. The summed E-state index contributed by atoms with van der Waals surface area (Å²) in [5.41, 5.74) is 2.18. The number of morpholine rings is 1. The highest BCUT2D eigenvalue weighted by atomic mass is 35.5. The number of hydrogen-bond acceptors (Lipinski definition) is 3. The van der Waals surface area contributed by atoms with Gasteiger partial charge in [-0.05, 0) is 30.5 Å². The van der Waals surface area contributed by atoms with E-state index in [-0.39, 0.29) is 18.1 Å². The van der Waals surface area contributed by atoms with Gasteiger partial charge in [-0.3, -0.25) is 9.89 Å². The molecule has 1 amide bonds. The first-order valence-electron chi connectivity index (χ1n) is 9.74.